The standard InChI is InChI=1S/C23H28N4O4/c1-14(2)10-11-24-19(28)13-26-22(29)20-15(3)12-16(4)25-21(20)27(23(26)30)17-8-6-7-9-18(17)31-5/h6-9,12,14H,10-11,13H2,1-5H3,(H,24,28). The fourth-order valence-corrected chi connectivity index (χ4v) is 3.55. The van der Waals surface area contributed by atoms with Crippen LogP contribution in [-0.2, 0) is 11.3 Å². The highest BCUT2D eigenvalue weighted by Crippen LogP contribution is 2.24. The van der Waals surface area contributed by atoms with E-state index in [1.54, 1.807) is 44.2 Å². The van der Waals surface area contributed by atoms with Crippen LogP contribution >= 0.6 is 0 Å². The number of nitrogens with zero attached hydrogens (tertiary/aromatic N) is 3. The molecule has 2 aromatic heterocycles. The smallest absolute Gasteiger partial charge is 0.337 e. The predicted octanol–water partition coefficient (Wildman–Crippen LogP) is 2.34. The Morgan fingerprint density at radius 2 is 1.90 bits per heavy atom. The zero-order valence-corrected chi connectivity index (χ0v) is 18.6. The highest BCUT2D eigenvalue weighted by Gasteiger charge is 2.21. The highest BCUT2D eigenvalue weighted by molar-refractivity contribution is 5.81. The fourth-order valence-electron chi connectivity index (χ4n) is 3.55. The summed E-state index contributed by atoms with van der Waals surface area (Å²) in [6.45, 7) is 7.83. The summed E-state index contributed by atoms with van der Waals surface area (Å²) in [5, 5.41) is 3.08. The van der Waals surface area contributed by atoms with Gasteiger partial charge in [0, 0.05) is 12.2 Å². The number of aryl methyl sites for hydroxylation is 2. The van der Waals surface area contributed by atoms with E-state index < -0.39 is 11.2 Å². The first-order valence-electron chi connectivity index (χ1n) is 10.3. The minimum Gasteiger partial charge on any atom is -0.495 e. The van der Waals surface area contributed by atoms with Gasteiger partial charge in [0.1, 0.15) is 12.3 Å². The van der Waals surface area contributed by atoms with Crippen molar-refractivity contribution in [3.8, 4) is 11.4 Å². The summed E-state index contributed by atoms with van der Waals surface area (Å²) in [7, 11) is 1.51. The average Bonchev–Trinajstić information content (AvgIpc) is 2.70. The molecule has 0 saturated carbocycles. The van der Waals surface area contributed by atoms with E-state index in [2.05, 4.69) is 24.1 Å². The molecule has 8 heteroatoms. The summed E-state index contributed by atoms with van der Waals surface area (Å²) >= 11 is 0. The van der Waals surface area contributed by atoms with Gasteiger partial charge < -0.3 is 10.1 Å². The lowest BCUT2D eigenvalue weighted by Gasteiger charge is -2.17. The summed E-state index contributed by atoms with van der Waals surface area (Å²) in [4.78, 5) is 43.7. The van der Waals surface area contributed by atoms with Crippen molar-refractivity contribution < 1.29 is 9.53 Å². The van der Waals surface area contributed by atoms with Crippen LogP contribution in [0.1, 0.15) is 31.5 Å². The van der Waals surface area contributed by atoms with Gasteiger partial charge in [-0.2, -0.15) is 0 Å². The molecule has 0 atom stereocenters. The Labute approximate surface area is 180 Å². The number of fused-ring (bicyclic) bond motifs is 1. The Bertz CT molecular complexity index is 1240. The average molecular weight is 425 g/mol. The van der Waals surface area contributed by atoms with Crippen LogP contribution in [0.4, 0.5) is 0 Å². The van der Waals surface area contributed by atoms with Gasteiger partial charge in [-0.25, -0.2) is 18.9 Å². The van der Waals surface area contributed by atoms with E-state index in [1.807, 2.05) is 0 Å². The summed E-state index contributed by atoms with van der Waals surface area (Å²) in [5.41, 5.74) is 0.885. The number of carbonyl (C=O) groups is 1. The van der Waals surface area contributed by atoms with Crippen LogP contribution in [-0.4, -0.2) is 33.7 Å². The molecule has 0 spiro atoms. The number of nitrogens with one attached hydrogen (secondary N) is 1. The maximum atomic E-state index is 13.5. The Morgan fingerprint density at radius 3 is 2.58 bits per heavy atom. The Kier molecular flexibility index (Phi) is 6.58. The van der Waals surface area contributed by atoms with E-state index >= 15 is 0 Å². The Hall–Kier alpha value is -3.42. The molecule has 0 unspecified atom stereocenters. The summed E-state index contributed by atoms with van der Waals surface area (Å²) in [6, 6.07) is 8.79. The number of rotatable bonds is 7. The quantitative estimate of drug-likeness (QED) is 0.628. The first-order valence-corrected chi connectivity index (χ1v) is 10.3. The number of hydrogen-bond acceptors (Lipinski definition) is 5. The van der Waals surface area contributed by atoms with Gasteiger partial charge in [-0.15, -0.1) is 0 Å². The molecule has 3 aromatic rings. The molecule has 0 aliphatic carbocycles. The number of benzene rings is 1. The number of ether oxygens (including phenoxy) is 1. The first-order chi connectivity index (χ1) is 14.7. The molecule has 31 heavy (non-hydrogen) atoms. The molecule has 0 saturated heterocycles. The second-order valence-corrected chi connectivity index (χ2v) is 7.99. The molecular weight excluding hydrogens is 396 g/mol. The molecule has 1 N–H and O–H groups in total. The fraction of sp³-hybridized carbons (Fsp3) is 0.391. The van der Waals surface area contributed by atoms with Crippen LogP contribution in [0.5, 0.6) is 5.75 Å². The number of hydrogen-bond donors (Lipinski definition) is 1. The lowest BCUT2D eigenvalue weighted by molar-refractivity contribution is -0.121. The van der Waals surface area contributed by atoms with Gasteiger partial charge in [-0.1, -0.05) is 26.0 Å². The monoisotopic (exact) mass is 424 g/mol. The van der Waals surface area contributed by atoms with Crippen molar-refractivity contribution in [2.45, 2.75) is 40.7 Å². The molecule has 0 aliphatic heterocycles. The zero-order chi connectivity index (χ0) is 22.7. The SMILES string of the molecule is COc1ccccc1-n1c(=O)n(CC(=O)NCCC(C)C)c(=O)c2c(C)cc(C)nc21. The molecule has 0 bridgehead atoms. The van der Waals surface area contributed by atoms with Gasteiger partial charge in [0.2, 0.25) is 5.91 Å². The van der Waals surface area contributed by atoms with Gasteiger partial charge in [0.05, 0.1) is 18.2 Å². The third kappa shape index (κ3) is 4.52. The molecule has 3 rings (SSSR count). The van der Waals surface area contributed by atoms with Crippen molar-refractivity contribution in [2.75, 3.05) is 13.7 Å². The normalized spacial score (nSPS) is 11.2. The van der Waals surface area contributed by atoms with Crippen molar-refractivity contribution in [3.05, 3.63) is 62.4 Å². The lowest BCUT2D eigenvalue weighted by atomic mass is 10.1. The molecule has 0 fully saturated rings. The number of carbonyl (C=O) groups excluding carboxylic acids is 1. The second kappa shape index (κ2) is 9.16. The zero-order valence-electron chi connectivity index (χ0n) is 18.6. The van der Waals surface area contributed by atoms with Crippen LogP contribution in [0.3, 0.4) is 0 Å². The molecule has 8 nitrogen and oxygen atoms in total. The molecule has 1 amide bonds. The Morgan fingerprint density at radius 1 is 1.19 bits per heavy atom. The van der Waals surface area contributed by atoms with Crippen LogP contribution in [0.15, 0.2) is 39.9 Å². The van der Waals surface area contributed by atoms with Crippen LogP contribution < -0.4 is 21.3 Å². The summed E-state index contributed by atoms with van der Waals surface area (Å²) in [6.07, 6.45) is 0.812. The molecule has 2 heterocycles. The van der Waals surface area contributed by atoms with Crippen molar-refractivity contribution in [1.29, 1.82) is 0 Å². The highest BCUT2D eigenvalue weighted by atomic mass is 16.5. The molecule has 1 aromatic carbocycles. The summed E-state index contributed by atoms with van der Waals surface area (Å²) < 4.78 is 7.74. The van der Waals surface area contributed by atoms with E-state index in [0.29, 0.717) is 40.5 Å². The van der Waals surface area contributed by atoms with Gasteiger partial charge in [0.15, 0.2) is 5.65 Å². The number of methoxy groups -OCH3 is 1. The summed E-state index contributed by atoms with van der Waals surface area (Å²) in [5.74, 6) is 0.505. The maximum Gasteiger partial charge on any atom is 0.337 e. The van der Waals surface area contributed by atoms with E-state index in [1.165, 1.54) is 11.7 Å². The number of pyridine rings is 1. The molecule has 164 valence electrons. The third-order valence-electron chi connectivity index (χ3n) is 5.09. The van der Waals surface area contributed by atoms with E-state index in [4.69, 9.17) is 4.74 Å². The van der Waals surface area contributed by atoms with Crippen LogP contribution in [0.25, 0.3) is 16.7 Å². The van der Waals surface area contributed by atoms with E-state index in [9.17, 15) is 14.4 Å². The van der Waals surface area contributed by atoms with Gasteiger partial charge >= 0.3 is 5.69 Å². The van der Waals surface area contributed by atoms with Crippen molar-refractivity contribution in [1.82, 2.24) is 19.4 Å². The maximum absolute atomic E-state index is 13.5. The first kappa shape index (κ1) is 22.3. The Balaban J connectivity index is 2.24. The minimum absolute atomic E-state index is 0.244. The van der Waals surface area contributed by atoms with Gasteiger partial charge in [-0.05, 0) is 49.9 Å². The molecular formula is C23H28N4O4. The minimum atomic E-state index is -0.640. The lowest BCUT2D eigenvalue weighted by Crippen LogP contribution is -2.44. The predicted molar refractivity (Wildman–Crippen MR) is 120 cm³/mol. The molecule has 0 aliphatic rings. The number of amides is 1. The van der Waals surface area contributed by atoms with Crippen molar-refractivity contribution in [3.63, 3.8) is 0 Å². The van der Waals surface area contributed by atoms with Crippen molar-refractivity contribution in [2.24, 2.45) is 5.92 Å². The third-order valence-corrected chi connectivity index (χ3v) is 5.09. The number of para-hydroxylation sites is 2. The van der Waals surface area contributed by atoms with E-state index in [0.717, 1.165) is 11.0 Å². The topological polar surface area (TPSA) is 95.2 Å². The van der Waals surface area contributed by atoms with Crippen LogP contribution in [0, 0.1) is 19.8 Å². The van der Waals surface area contributed by atoms with Gasteiger partial charge in [-0.3, -0.25) is 9.59 Å². The molecule has 0 radical (unpaired) electrons. The number of aromatic nitrogens is 3. The van der Waals surface area contributed by atoms with Crippen LogP contribution in [0.2, 0.25) is 0 Å². The largest absolute Gasteiger partial charge is 0.495 e. The second-order valence-electron chi connectivity index (χ2n) is 7.99. The van der Waals surface area contributed by atoms with E-state index in [-0.39, 0.29) is 18.1 Å². The van der Waals surface area contributed by atoms with Gasteiger partial charge in [0.25, 0.3) is 5.56 Å². The van der Waals surface area contributed by atoms with Crippen molar-refractivity contribution >= 4 is 16.9 Å².